The largest absolute Gasteiger partial charge is 0.356 e. The van der Waals surface area contributed by atoms with Gasteiger partial charge in [-0.3, -0.25) is 9.59 Å². The SMILES string of the molecule is CC(=O)NCC1CCN(C(=O)C2(N)CCCC2)CC1.Cl. The van der Waals surface area contributed by atoms with Crippen LogP contribution >= 0.6 is 12.4 Å². The summed E-state index contributed by atoms with van der Waals surface area (Å²) in [5, 5.41) is 2.85. The van der Waals surface area contributed by atoms with E-state index in [9.17, 15) is 9.59 Å². The molecule has 2 rings (SSSR count). The molecule has 0 aromatic rings. The van der Waals surface area contributed by atoms with Crippen molar-refractivity contribution in [3.8, 4) is 0 Å². The maximum Gasteiger partial charge on any atom is 0.242 e. The first kappa shape index (κ1) is 17.2. The van der Waals surface area contributed by atoms with E-state index in [4.69, 9.17) is 5.73 Å². The van der Waals surface area contributed by atoms with E-state index < -0.39 is 5.54 Å². The fraction of sp³-hybridized carbons (Fsp3) is 0.857. The molecule has 1 aliphatic carbocycles. The number of carbonyl (C=O) groups excluding carboxylic acids is 2. The third-order valence-electron chi connectivity index (χ3n) is 4.46. The zero-order valence-corrected chi connectivity index (χ0v) is 13.0. The number of nitrogens with two attached hydrogens (primary N) is 1. The molecule has 0 atom stereocenters. The van der Waals surface area contributed by atoms with Crippen LogP contribution in [0, 0.1) is 5.92 Å². The van der Waals surface area contributed by atoms with Gasteiger partial charge in [0.2, 0.25) is 11.8 Å². The fourth-order valence-corrected chi connectivity index (χ4v) is 3.16. The van der Waals surface area contributed by atoms with Crippen LogP contribution in [0.5, 0.6) is 0 Å². The van der Waals surface area contributed by atoms with Gasteiger partial charge in [0.25, 0.3) is 0 Å². The molecule has 0 bridgehead atoms. The molecule has 20 heavy (non-hydrogen) atoms. The van der Waals surface area contributed by atoms with Gasteiger partial charge in [-0.25, -0.2) is 0 Å². The van der Waals surface area contributed by atoms with Crippen LogP contribution in [0.15, 0.2) is 0 Å². The van der Waals surface area contributed by atoms with Crippen LogP contribution in [-0.4, -0.2) is 41.9 Å². The van der Waals surface area contributed by atoms with Gasteiger partial charge in [0.1, 0.15) is 0 Å². The second kappa shape index (κ2) is 7.27. The summed E-state index contributed by atoms with van der Waals surface area (Å²) in [6.07, 6.45) is 5.72. The quantitative estimate of drug-likeness (QED) is 0.818. The van der Waals surface area contributed by atoms with Crippen molar-refractivity contribution in [2.45, 2.75) is 51.0 Å². The van der Waals surface area contributed by atoms with Crippen molar-refractivity contribution in [2.75, 3.05) is 19.6 Å². The Morgan fingerprint density at radius 1 is 1.25 bits per heavy atom. The van der Waals surface area contributed by atoms with Crippen LogP contribution in [-0.2, 0) is 9.59 Å². The second-order valence-corrected chi connectivity index (χ2v) is 6.04. The fourth-order valence-electron chi connectivity index (χ4n) is 3.16. The molecular weight excluding hydrogens is 278 g/mol. The van der Waals surface area contributed by atoms with Gasteiger partial charge >= 0.3 is 0 Å². The van der Waals surface area contributed by atoms with Crippen LogP contribution < -0.4 is 11.1 Å². The summed E-state index contributed by atoms with van der Waals surface area (Å²) >= 11 is 0. The third kappa shape index (κ3) is 4.09. The van der Waals surface area contributed by atoms with Crippen LogP contribution in [0.2, 0.25) is 0 Å². The minimum absolute atomic E-state index is 0. The molecule has 2 aliphatic rings. The highest BCUT2D eigenvalue weighted by Gasteiger charge is 2.40. The van der Waals surface area contributed by atoms with Crippen LogP contribution in [0.3, 0.4) is 0 Å². The van der Waals surface area contributed by atoms with Crippen molar-refractivity contribution in [3.63, 3.8) is 0 Å². The van der Waals surface area contributed by atoms with E-state index in [-0.39, 0.29) is 24.2 Å². The van der Waals surface area contributed by atoms with Gasteiger partial charge in [0.05, 0.1) is 5.54 Å². The average molecular weight is 304 g/mol. The van der Waals surface area contributed by atoms with Crippen molar-refractivity contribution in [1.82, 2.24) is 10.2 Å². The molecule has 0 unspecified atom stereocenters. The number of carbonyl (C=O) groups is 2. The standard InChI is InChI=1S/C14H25N3O2.ClH/c1-11(18)16-10-12-4-8-17(9-5-12)13(19)14(15)6-2-3-7-14;/h12H,2-10,15H2,1H3,(H,16,18);1H. The molecule has 0 aromatic heterocycles. The summed E-state index contributed by atoms with van der Waals surface area (Å²) in [5.41, 5.74) is 5.63. The Morgan fingerprint density at radius 3 is 2.30 bits per heavy atom. The normalized spacial score (nSPS) is 22.2. The molecule has 2 fully saturated rings. The summed E-state index contributed by atoms with van der Waals surface area (Å²) in [7, 11) is 0. The molecule has 1 saturated heterocycles. The number of hydrogen-bond acceptors (Lipinski definition) is 3. The molecule has 116 valence electrons. The number of rotatable bonds is 3. The highest BCUT2D eigenvalue weighted by atomic mass is 35.5. The molecule has 0 spiro atoms. The number of hydrogen-bond donors (Lipinski definition) is 2. The number of amides is 2. The predicted octanol–water partition coefficient (Wildman–Crippen LogP) is 1.05. The summed E-state index contributed by atoms with van der Waals surface area (Å²) in [6.45, 7) is 3.83. The first-order valence-corrected chi connectivity index (χ1v) is 7.34. The molecule has 5 nitrogen and oxygen atoms in total. The van der Waals surface area contributed by atoms with Crippen LogP contribution in [0.4, 0.5) is 0 Å². The minimum atomic E-state index is -0.593. The minimum Gasteiger partial charge on any atom is -0.356 e. The van der Waals surface area contributed by atoms with E-state index in [2.05, 4.69) is 5.32 Å². The Morgan fingerprint density at radius 2 is 1.80 bits per heavy atom. The Balaban J connectivity index is 0.00000200. The van der Waals surface area contributed by atoms with Gasteiger partial charge in [-0.2, -0.15) is 0 Å². The summed E-state index contributed by atoms with van der Waals surface area (Å²) < 4.78 is 0. The molecule has 1 aliphatic heterocycles. The van der Waals surface area contributed by atoms with E-state index in [0.717, 1.165) is 58.2 Å². The van der Waals surface area contributed by atoms with Crippen molar-refractivity contribution in [3.05, 3.63) is 0 Å². The van der Waals surface area contributed by atoms with Gasteiger partial charge in [-0.15, -0.1) is 12.4 Å². The summed E-state index contributed by atoms with van der Waals surface area (Å²) in [5.74, 6) is 0.651. The zero-order chi connectivity index (χ0) is 13.9. The Kier molecular flexibility index (Phi) is 6.27. The third-order valence-corrected chi connectivity index (χ3v) is 4.46. The van der Waals surface area contributed by atoms with Crippen molar-refractivity contribution < 1.29 is 9.59 Å². The Bertz CT molecular complexity index is 348. The highest BCUT2D eigenvalue weighted by Crippen LogP contribution is 2.30. The molecule has 0 aromatic carbocycles. The Labute approximate surface area is 127 Å². The second-order valence-electron chi connectivity index (χ2n) is 6.04. The van der Waals surface area contributed by atoms with E-state index in [0.29, 0.717) is 5.92 Å². The topological polar surface area (TPSA) is 75.4 Å². The number of nitrogens with zero attached hydrogens (tertiary/aromatic N) is 1. The van der Waals surface area contributed by atoms with E-state index in [1.54, 1.807) is 0 Å². The van der Waals surface area contributed by atoms with Gasteiger partial charge < -0.3 is 16.0 Å². The lowest BCUT2D eigenvalue weighted by molar-refractivity contribution is -0.138. The molecule has 0 radical (unpaired) electrons. The Hall–Kier alpha value is -0.810. The molecule has 1 saturated carbocycles. The number of likely N-dealkylation sites (tertiary alicyclic amines) is 1. The summed E-state index contributed by atoms with van der Waals surface area (Å²) in [6, 6.07) is 0. The lowest BCUT2D eigenvalue weighted by Gasteiger charge is -2.36. The number of nitrogens with one attached hydrogen (secondary N) is 1. The average Bonchev–Trinajstić information content (AvgIpc) is 2.84. The monoisotopic (exact) mass is 303 g/mol. The van der Waals surface area contributed by atoms with Gasteiger partial charge in [0.15, 0.2) is 0 Å². The lowest BCUT2D eigenvalue weighted by atomic mass is 9.92. The molecular formula is C14H26ClN3O2. The molecule has 6 heteroatoms. The maximum absolute atomic E-state index is 12.4. The van der Waals surface area contributed by atoms with E-state index >= 15 is 0 Å². The highest BCUT2D eigenvalue weighted by molar-refractivity contribution is 5.86. The molecule has 2 amide bonds. The van der Waals surface area contributed by atoms with Crippen molar-refractivity contribution >= 4 is 24.2 Å². The number of halogens is 1. The summed E-state index contributed by atoms with van der Waals surface area (Å²) in [4.78, 5) is 25.2. The first-order valence-electron chi connectivity index (χ1n) is 7.34. The van der Waals surface area contributed by atoms with Gasteiger partial charge in [-0.05, 0) is 31.6 Å². The zero-order valence-electron chi connectivity index (χ0n) is 12.2. The predicted molar refractivity (Wildman–Crippen MR) is 80.6 cm³/mol. The van der Waals surface area contributed by atoms with Gasteiger partial charge in [-0.1, -0.05) is 12.8 Å². The van der Waals surface area contributed by atoms with Crippen LogP contribution in [0.25, 0.3) is 0 Å². The molecule has 3 N–H and O–H groups in total. The van der Waals surface area contributed by atoms with E-state index in [1.165, 1.54) is 6.92 Å². The molecule has 1 heterocycles. The maximum atomic E-state index is 12.4. The van der Waals surface area contributed by atoms with Crippen molar-refractivity contribution in [1.29, 1.82) is 0 Å². The number of piperidine rings is 1. The van der Waals surface area contributed by atoms with Crippen molar-refractivity contribution in [2.24, 2.45) is 11.7 Å². The van der Waals surface area contributed by atoms with Gasteiger partial charge in [0, 0.05) is 26.6 Å². The lowest BCUT2D eigenvalue weighted by Crippen LogP contribution is -2.55. The van der Waals surface area contributed by atoms with Crippen LogP contribution in [0.1, 0.15) is 45.4 Å². The first-order chi connectivity index (χ1) is 9.01. The smallest absolute Gasteiger partial charge is 0.242 e. The van der Waals surface area contributed by atoms with E-state index in [1.807, 2.05) is 4.90 Å².